The Morgan fingerprint density at radius 1 is 1.25 bits per heavy atom. The fourth-order valence-corrected chi connectivity index (χ4v) is 6.12. The minimum absolute atomic E-state index is 0.238. The maximum atomic E-state index is 6.25. The molecule has 3 atom stereocenters. The van der Waals surface area contributed by atoms with Gasteiger partial charge in [-0.3, -0.25) is 0 Å². The predicted octanol–water partition coefficient (Wildman–Crippen LogP) is 3.99. The van der Waals surface area contributed by atoms with Crippen molar-refractivity contribution in [2.75, 3.05) is 24.7 Å². The molecule has 0 saturated carbocycles. The van der Waals surface area contributed by atoms with Gasteiger partial charge in [-0.25, -0.2) is 0 Å². The summed E-state index contributed by atoms with van der Waals surface area (Å²) in [5.74, 6) is 3.39. The van der Waals surface area contributed by atoms with E-state index in [0.717, 1.165) is 12.5 Å². The Labute approximate surface area is 128 Å². The van der Waals surface area contributed by atoms with Gasteiger partial charge in [-0.1, -0.05) is 26.2 Å². The Kier molecular flexibility index (Phi) is 4.99. The van der Waals surface area contributed by atoms with Crippen molar-refractivity contribution in [3.8, 4) is 0 Å². The third kappa shape index (κ3) is 3.05. The van der Waals surface area contributed by atoms with Crippen LogP contribution in [0, 0.1) is 5.92 Å². The highest BCUT2D eigenvalue weighted by Crippen LogP contribution is 2.46. The molecule has 0 radical (unpaired) electrons. The Morgan fingerprint density at radius 3 is 3.00 bits per heavy atom. The molecule has 3 heteroatoms. The third-order valence-corrected chi connectivity index (χ3v) is 7.04. The van der Waals surface area contributed by atoms with Crippen LogP contribution < -0.4 is 5.32 Å². The normalized spacial score (nSPS) is 42.8. The van der Waals surface area contributed by atoms with E-state index < -0.39 is 0 Å². The number of hydrogen-bond acceptors (Lipinski definition) is 3. The third-order valence-electron chi connectivity index (χ3n) is 5.81. The Morgan fingerprint density at radius 2 is 2.20 bits per heavy atom. The second-order valence-electron chi connectivity index (χ2n) is 7.17. The van der Waals surface area contributed by atoms with Crippen LogP contribution in [-0.4, -0.2) is 35.8 Å². The van der Waals surface area contributed by atoms with E-state index in [0.29, 0.717) is 5.54 Å². The molecule has 0 aromatic heterocycles. The summed E-state index contributed by atoms with van der Waals surface area (Å²) in [4.78, 5) is 0. The van der Waals surface area contributed by atoms with Crippen LogP contribution in [0.25, 0.3) is 0 Å². The number of nitrogens with one attached hydrogen (secondary N) is 1. The van der Waals surface area contributed by atoms with Crippen LogP contribution in [-0.2, 0) is 4.74 Å². The second kappa shape index (κ2) is 6.58. The largest absolute Gasteiger partial charge is 0.374 e. The fraction of sp³-hybridized carbons (Fsp3) is 1.00. The van der Waals surface area contributed by atoms with Crippen molar-refractivity contribution < 1.29 is 4.74 Å². The molecule has 3 unspecified atom stereocenters. The maximum Gasteiger partial charge on any atom is 0.0783 e. The molecule has 0 amide bonds. The quantitative estimate of drug-likeness (QED) is 0.851. The van der Waals surface area contributed by atoms with Crippen molar-refractivity contribution >= 4 is 11.8 Å². The minimum Gasteiger partial charge on any atom is -0.374 e. The molecule has 0 aromatic rings. The molecule has 1 N–H and O–H groups in total. The van der Waals surface area contributed by atoms with E-state index in [2.05, 4.69) is 24.0 Å². The van der Waals surface area contributed by atoms with E-state index in [4.69, 9.17) is 4.74 Å². The zero-order chi connectivity index (χ0) is 13.9. The van der Waals surface area contributed by atoms with Crippen LogP contribution in [0.3, 0.4) is 0 Å². The zero-order valence-electron chi connectivity index (χ0n) is 13.1. The molecule has 3 fully saturated rings. The molecular weight excluding hydrogens is 266 g/mol. The lowest BCUT2D eigenvalue weighted by Crippen LogP contribution is -2.55. The van der Waals surface area contributed by atoms with Crippen molar-refractivity contribution in [3.05, 3.63) is 0 Å². The Bertz CT molecular complexity index is 306. The first kappa shape index (κ1) is 15.2. The van der Waals surface area contributed by atoms with Crippen molar-refractivity contribution in [1.29, 1.82) is 0 Å². The smallest absolute Gasteiger partial charge is 0.0783 e. The lowest BCUT2D eigenvalue weighted by atomic mass is 9.69. The van der Waals surface area contributed by atoms with Crippen LogP contribution in [0.1, 0.15) is 64.7 Å². The van der Waals surface area contributed by atoms with Gasteiger partial charge in [0.1, 0.15) is 0 Å². The topological polar surface area (TPSA) is 21.3 Å². The van der Waals surface area contributed by atoms with Gasteiger partial charge < -0.3 is 10.1 Å². The van der Waals surface area contributed by atoms with Gasteiger partial charge in [-0.15, -0.1) is 0 Å². The summed E-state index contributed by atoms with van der Waals surface area (Å²) < 4.78 is 6.25. The number of hydrogen-bond donors (Lipinski definition) is 1. The summed E-state index contributed by atoms with van der Waals surface area (Å²) in [6.07, 6.45) is 12.2. The van der Waals surface area contributed by atoms with Crippen LogP contribution >= 0.6 is 11.8 Å². The van der Waals surface area contributed by atoms with Crippen LogP contribution in [0.4, 0.5) is 0 Å². The average molecular weight is 298 g/mol. The highest BCUT2D eigenvalue weighted by molar-refractivity contribution is 7.99. The minimum atomic E-state index is 0.238. The first-order chi connectivity index (χ1) is 9.79. The second-order valence-corrected chi connectivity index (χ2v) is 8.27. The highest BCUT2D eigenvalue weighted by Gasteiger charge is 2.47. The zero-order valence-corrected chi connectivity index (χ0v) is 13.9. The van der Waals surface area contributed by atoms with E-state index in [1.165, 1.54) is 75.8 Å². The van der Waals surface area contributed by atoms with Gasteiger partial charge in [0.05, 0.1) is 5.60 Å². The molecule has 0 aromatic carbocycles. The van der Waals surface area contributed by atoms with Crippen molar-refractivity contribution in [3.63, 3.8) is 0 Å². The number of ether oxygens (including phenoxy) is 1. The predicted molar refractivity (Wildman–Crippen MR) is 87.5 cm³/mol. The van der Waals surface area contributed by atoms with E-state index in [9.17, 15) is 0 Å². The van der Waals surface area contributed by atoms with Crippen LogP contribution in [0.5, 0.6) is 0 Å². The highest BCUT2D eigenvalue weighted by atomic mass is 32.2. The molecule has 0 bridgehead atoms. The van der Waals surface area contributed by atoms with Gasteiger partial charge in [-0.05, 0) is 56.7 Å². The summed E-state index contributed by atoms with van der Waals surface area (Å²) in [6.45, 7) is 4.59. The van der Waals surface area contributed by atoms with E-state index in [1.54, 1.807) is 0 Å². The van der Waals surface area contributed by atoms with Gasteiger partial charge in [0, 0.05) is 17.9 Å². The standard InChI is InChI=1S/C17H31NOS/c1-2-7-17(8-4-3-5-10-18-17)15-6-11-19-16(13-15)9-12-20-14-16/h15,18H,2-14H2,1H3. The van der Waals surface area contributed by atoms with Gasteiger partial charge >= 0.3 is 0 Å². The fourth-order valence-electron chi connectivity index (χ4n) is 4.74. The van der Waals surface area contributed by atoms with E-state index in [1.807, 2.05) is 0 Å². The molecule has 0 aliphatic carbocycles. The summed E-state index contributed by atoms with van der Waals surface area (Å²) in [6, 6.07) is 0. The van der Waals surface area contributed by atoms with Gasteiger partial charge in [0.25, 0.3) is 0 Å². The van der Waals surface area contributed by atoms with Gasteiger partial charge in [-0.2, -0.15) is 11.8 Å². The molecule has 1 spiro atoms. The van der Waals surface area contributed by atoms with Gasteiger partial charge in [0.15, 0.2) is 0 Å². The van der Waals surface area contributed by atoms with Gasteiger partial charge in [0.2, 0.25) is 0 Å². The molecule has 3 saturated heterocycles. The average Bonchev–Trinajstić information content (AvgIpc) is 2.76. The van der Waals surface area contributed by atoms with Crippen LogP contribution in [0.2, 0.25) is 0 Å². The monoisotopic (exact) mass is 297 g/mol. The Hall–Kier alpha value is 0.270. The van der Waals surface area contributed by atoms with Crippen LogP contribution in [0.15, 0.2) is 0 Å². The van der Waals surface area contributed by atoms with E-state index >= 15 is 0 Å². The molecule has 2 nitrogen and oxygen atoms in total. The molecule has 3 rings (SSSR count). The van der Waals surface area contributed by atoms with E-state index in [-0.39, 0.29) is 5.60 Å². The van der Waals surface area contributed by atoms with Crippen molar-refractivity contribution in [2.45, 2.75) is 75.9 Å². The van der Waals surface area contributed by atoms with Crippen molar-refractivity contribution in [2.24, 2.45) is 5.92 Å². The molecule has 20 heavy (non-hydrogen) atoms. The lowest BCUT2D eigenvalue weighted by Gasteiger charge is -2.48. The SMILES string of the molecule is CCCC1(C2CCOC3(CCSC3)C2)CCCCCN1. The summed E-state index contributed by atoms with van der Waals surface area (Å²) in [7, 11) is 0. The lowest BCUT2D eigenvalue weighted by molar-refractivity contribution is -0.0978. The first-order valence-electron chi connectivity index (χ1n) is 8.75. The molecule has 3 aliphatic heterocycles. The summed E-state index contributed by atoms with van der Waals surface area (Å²) in [5, 5.41) is 4.01. The summed E-state index contributed by atoms with van der Waals surface area (Å²) >= 11 is 2.10. The molecule has 3 heterocycles. The van der Waals surface area contributed by atoms with Crippen molar-refractivity contribution in [1.82, 2.24) is 5.32 Å². The number of thioether (sulfide) groups is 1. The Balaban J connectivity index is 1.75. The molecular formula is C17H31NOS. The number of rotatable bonds is 3. The molecule has 116 valence electrons. The maximum absolute atomic E-state index is 6.25. The summed E-state index contributed by atoms with van der Waals surface area (Å²) in [5.41, 5.74) is 0.664. The first-order valence-corrected chi connectivity index (χ1v) is 9.91. The molecule has 3 aliphatic rings.